The zero-order valence-corrected chi connectivity index (χ0v) is 11.6. The minimum Gasteiger partial charge on any atom is -0.508 e. The number of hydrogen-bond donors (Lipinski definition) is 3. The molecular weight excluding hydrogens is 286 g/mol. The Morgan fingerprint density at radius 3 is 2.45 bits per heavy atom. The highest BCUT2D eigenvalue weighted by molar-refractivity contribution is 5.81. The molecule has 0 aliphatic carbocycles. The van der Waals surface area contributed by atoms with Crippen molar-refractivity contribution in [2.24, 2.45) is 0 Å². The first kappa shape index (κ1) is 15.4. The quantitative estimate of drug-likeness (QED) is 0.788. The van der Waals surface area contributed by atoms with Crippen LogP contribution < -0.4 is 5.32 Å². The van der Waals surface area contributed by atoms with E-state index in [0.717, 1.165) is 5.56 Å². The van der Waals surface area contributed by atoms with E-state index in [0.29, 0.717) is 0 Å². The van der Waals surface area contributed by atoms with E-state index >= 15 is 0 Å². The maximum atomic E-state index is 11.7. The van der Waals surface area contributed by atoms with E-state index in [4.69, 9.17) is 4.74 Å². The van der Waals surface area contributed by atoms with Gasteiger partial charge in [0.1, 0.15) is 12.4 Å². The number of hydrogen-bond acceptors (Lipinski definition) is 4. The van der Waals surface area contributed by atoms with Crippen LogP contribution in [0.3, 0.4) is 0 Å². The minimum absolute atomic E-state index is 0.0407. The van der Waals surface area contributed by atoms with Gasteiger partial charge in [-0.1, -0.05) is 42.5 Å². The Labute approximate surface area is 127 Å². The summed E-state index contributed by atoms with van der Waals surface area (Å²) in [6, 6.07) is 13.4. The fraction of sp³-hybridized carbons (Fsp3) is 0.125. The van der Waals surface area contributed by atoms with Crippen LogP contribution in [0.1, 0.15) is 17.2 Å². The molecule has 1 atom stereocenters. The first-order chi connectivity index (χ1) is 10.6. The number of aromatic hydroxyl groups is 1. The van der Waals surface area contributed by atoms with Crippen molar-refractivity contribution in [2.75, 3.05) is 0 Å². The maximum Gasteiger partial charge on any atom is 0.408 e. The lowest BCUT2D eigenvalue weighted by Gasteiger charge is -2.15. The number of benzene rings is 2. The summed E-state index contributed by atoms with van der Waals surface area (Å²) in [7, 11) is 0. The van der Waals surface area contributed by atoms with Crippen molar-refractivity contribution in [2.45, 2.75) is 12.6 Å². The normalized spacial score (nSPS) is 11.5. The van der Waals surface area contributed by atoms with Crippen LogP contribution in [-0.4, -0.2) is 22.3 Å². The molecule has 0 unspecified atom stereocenters. The van der Waals surface area contributed by atoms with E-state index < -0.39 is 18.1 Å². The van der Waals surface area contributed by atoms with Crippen molar-refractivity contribution in [3.63, 3.8) is 0 Å². The van der Waals surface area contributed by atoms with E-state index in [1.165, 1.54) is 24.3 Å². The molecule has 0 bridgehead atoms. The van der Waals surface area contributed by atoms with Crippen LogP contribution in [0.25, 0.3) is 0 Å². The lowest BCUT2D eigenvalue weighted by Crippen LogP contribution is -2.34. The van der Waals surface area contributed by atoms with Gasteiger partial charge in [0.05, 0.1) is 0 Å². The predicted octanol–water partition coefficient (Wildman–Crippen LogP) is 2.44. The Morgan fingerprint density at radius 1 is 1.09 bits per heavy atom. The Kier molecular flexibility index (Phi) is 4.98. The molecule has 0 heterocycles. The second-order valence-corrected chi connectivity index (χ2v) is 4.57. The van der Waals surface area contributed by atoms with Gasteiger partial charge in [-0.3, -0.25) is 0 Å². The molecule has 1 amide bonds. The molecule has 3 N–H and O–H groups in total. The van der Waals surface area contributed by atoms with E-state index in [1.807, 2.05) is 18.2 Å². The van der Waals surface area contributed by atoms with Gasteiger partial charge in [-0.25, -0.2) is 9.59 Å². The first-order valence-electron chi connectivity index (χ1n) is 6.55. The Balaban J connectivity index is 1.99. The Bertz CT molecular complexity index is 657. The average Bonchev–Trinajstić information content (AvgIpc) is 2.51. The number of carbonyl (C=O) groups excluding carboxylic acids is 1. The minimum atomic E-state index is -1.30. The summed E-state index contributed by atoms with van der Waals surface area (Å²) in [5.74, 6) is -1.33. The van der Waals surface area contributed by atoms with E-state index in [9.17, 15) is 19.8 Å². The van der Waals surface area contributed by atoms with Gasteiger partial charge in [-0.05, 0) is 23.3 Å². The van der Waals surface area contributed by atoms with Crippen LogP contribution in [0.5, 0.6) is 5.75 Å². The molecule has 0 fully saturated rings. The lowest BCUT2D eigenvalue weighted by molar-refractivity contribution is -0.139. The summed E-state index contributed by atoms with van der Waals surface area (Å²) in [5, 5.41) is 20.9. The van der Waals surface area contributed by atoms with Crippen LogP contribution in [0.15, 0.2) is 54.6 Å². The molecule has 0 radical (unpaired) electrons. The number of phenols is 1. The van der Waals surface area contributed by atoms with Crippen LogP contribution in [0.2, 0.25) is 0 Å². The highest BCUT2D eigenvalue weighted by Crippen LogP contribution is 2.18. The molecule has 22 heavy (non-hydrogen) atoms. The third kappa shape index (κ3) is 4.24. The van der Waals surface area contributed by atoms with Crippen LogP contribution in [0.4, 0.5) is 4.79 Å². The average molecular weight is 301 g/mol. The second-order valence-electron chi connectivity index (χ2n) is 4.57. The van der Waals surface area contributed by atoms with Crippen molar-refractivity contribution in [3.05, 3.63) is 65.7 Å². The van der Waals surface area contributed by atoms with Gasteiger partial charge < -0.3 is 20.3 Å². The van der Waals surface area contributed by atoms with Crippen molar-refractivity contribution < 1.29 is 24.5 Å². The molecule has 2 rings (SSSR count). The molecule has 6 nitrogen and oxygen atoms in total. The van der Waals surface area contributed by atoms with Gasteiger partial charge in [0.25, 0.3) is 0 Å². The number of nitrogens with one attached hydrogen (secondary N) is 1. The zero-order chi connectivity index (χ0) is 15.9. The van der Waals surface area contributed by atoms with E-state index in [-0.39, 0.29) is 17.9 Å². The molecule has 114 valence electrons. The number of carbonyl (C=O) groups is 2. The van der Waals surface area contributed by atoms with Crippen molar-refractivity contribution >= 4 is 12.1 Å². The van der Waals surface area contributed by atoms with Crippen molar-refractivity contribution in [3.8, 4) is 5.75 Å². The summed E-state index contributed by atoms with van der Waals surface area (Å²) >= 11 is 0. The maximum absolute atomic E-state index is 11.7. The molecule has 2 aromatic rings. The summed E-state index contributed by atoms with van der Waals surface area (Å²) in [4.78, 5) is 23.0. The fourth-order valence-corrected chi connectivity index (χ4v) is 1.87. The number of rotatable bonds is 5. The molecule has 0 spiro atoms. The monoisotopic (exact) mass is 301 g/mol. The van der Waals surface area contributed by atoms with Gasteiger partial charge >= 0.3 is 12.1 Å². The Hall–Kier alpha value is -3.02. The predicted molar refractivity (Wildman–Crippen MR) is 78.2 cm³/mol. The van der Waals surface area contributed by atoms with Crippen molar-refractivity contribution in [1.29, 1.82) is 0 Å². The number of amides is 1. The Morgan fingerprint density at radius 2 is 1.82 bits per heavy atom. The molecule has 0 aliphatic rings. The highest BCUT2D eigenvalue weighted by Gasteiger charge is 2.23. The molecule has 0 aromatic heterocycles. The summed E-state index contributed by atoms with van der Waals surface area (Å²) in [6.45, 7) is 0.0407. The van der Waals surface area contributed by atoms with Gasteiger partial charge in [-0.2, -0.15) is 0 Å². The van der Waals surface area contributed by atoms with Gasteiger partial charge in [0.2, 0.25) is 0 Å². The SMILES string of the molecule is O=C(N[C@@H](C(=O)O)c1cccc(O)c1)OCc1ccccc1. The third-order valence-electron chi connectivity index (χ3n) is 2.93. The van der Waals surface area contributed by atoms with E-state index in [2.05, 4.69) is 5.32 Å². The molecule has 0 saturated carbocycles. The molecule has 2 aromatic carbocycles. The second kappa shape index (κ2) is 7.12. The summed E-state index contributed by atoms with van der Waals surface area (Å²) in [6.07, 6.45) is -0.848. The van der Waals surface area contributed by atoms with Crippen molar-refractivity contribution in [1.82, 2.24) is 5.32 Å². The van der Waals surface area contributed by atoms with Crippen LogP contribution in [0, 0.1) is 0 Å². The molecular formula is C16H15NO5. The first-order valence-corrected chi connectivity index (χ1v) is 6.55. The van der Waals surface area contributed by atoms with Gasteiger partial charge in [-0.15, -0.1) is 0 Å². The number of aliphatic carboxylic acids is 1. The molecule has 6 heteroatoms. The van der Waals surface area contributed by atoms with Crippen LogP contribution >= 0.6 is 0 Å². The fourth-order valence-electron chi connectivity index (χ4n) is 1.87. The number of alkyl carbamates (subject to hydrolysis) is 1. The summed E-state index contributed by atoms with van der Waals surface area (Å²) in [5.41, 5.74) is 1.05. The number of ether oxygens (including phenoxy) is 1. The third-order valence-corrected chi connectivity index (χ3v) is 2.93. The largest absolute Gasteiger partial charge is 0.508 e. The lowest BCUT2D eigenvalue weighted by atomic mass is 10.1. The van der Waals surface area contributed by atoms with E-state index in [1.54, 1.807) is 12.1 Å². The smallest absolute Gasteiger partial charge is 0.408 e. The van der Waals surface area contributed by atoms with Gasteiger partial charge in [0, 0.05) is 0 Å². The molecule has 0 aliphatic heterocycles. The number of phenolic OH excluding ortho intramolecular Hbond substituents is 1. The molecule has 0 saturated heterocycles. The topological polar surface area (TPSA) is 95.9 Å². The van der Waals surface area contributed by atoms with Gasteiger partial charge in [0.15, 0.2) is 6.04 Å². The van der Waals surface area contributed by atoms with Crippen LogP contribution in [-0.2, 0) is 16.1 Å². The standard InChI is InChI=1S/C16H15NO5/c18-13-8-4-7-12(9-13)14(15(19)20)17-16(21)22-10-11-5-2-1-3-6-11/h1-9,14,18H,10H2,(H,17,21)(H,19,20)/t14-/m1/s1. The zero-order valence-electron chi connectivity index (χ0n) is 11.6. The summed E-state index contributed by atoms with van der Waals surface area (Å²) < 4.78 is 4.98. The highest BCUT2D eigenvalue weighted by atomic mass is 16.5. The number of carboxylic acid groups (broad SMARTS) is 1. The number of carboxylic acids is 1.